The summed E-state index contributed by atoms with van der Waals surface area (Å²) in [5.41, 5.74) is 2.05. The molecule has 5 nitrogen and oxygen atoms in total. The van der Waals surface area contributed by atoms with E-state index in [1.54, 1.807) is 6.92 Å². The van der Waals surface area contributed by atoms with Crippen molar-refractivity contribution in [3.63, 3.8) is 0 Å². The smallest absolute Gasteiger partial charge is 0.224 e. The van der Waals surface area contributed by atoms with Crippen molar-refractivity contribution in [3.05, 3.63) is 59.7 Å². The lowest BCUT2D eigenvalue weighted by Gasteiger charge is -2.08. The van der Waals surface area contributed by atoms with Crippen LogP contribution in [-0.4, -0.2) is 22.6 Å². The Bertz CT molecular complexity index is 885. The molecule has 7 heteroatoms. The van der Waals surface area contributed by atoms with E-state index in [1.165, 1.54) is 29.8 Å². The fourth-order valence-corrected chi connectivity index (χ4v) is 4.05. The van der Waals surface area contributed by atoms with Crippen LogP contribution in [-0.2, 0) is 32.8 Å². The van der Waals surface area contributed by atoms with Crippen LogP contribution in [0.1, 0.15) is 25.0 Å². The molecule has 0 saturated heterocycles. The molecule has 0 aromatic heterocycles. The highest BCUT2D eigenvalue weighted by Gasteiger charge is 2.16. The van der Waals surface area contributed by atoms with Crippen LogP contribution >= 0.6 is 0 Å². The van der Waals surface area contributed by atoms with Gasteiger partial charge in [0.05, 0.1) is 15.5 Å². The van der Waals surface area contributed by atoms with Crippen LogP contribution in [0.5, 0.6) is 0 Å². The number of hydrogen-bond donors (Lipinski definition) is 1. The third-order valence-electron chi connectivity index (χ3n) is 3.77. The van der Waals surface area contributed by atoms with Gasteiger partial charge in [0.25, 0.3) is 0 Å². The second kappa shape index (κ2) is 7.46. The van der Waals surface area contributed by atoms with Crippen molar-refractivity contribution < 1.29 is 16.8 Å². The van der Waals surface area contributed by atoms with Crippen molar-refractivity contribution in [1.82, 2.24) is 4.72 Å². The van der Waals surface area contributed by atoms with E-state index in [2.05, 4.69) is 11.6 Å². The zero-order valence-electron chi connectivity index (χ0n) is 13.7. The summed E-state index contributed by atoms with van der Waals surface area (Å²) in [6.07, 6.45) is 0.930. The fourth-order valence-electron chi connectivity index (χ4n) is 2.15. The zero-order valence-corrected chi connectivity index (χ0v) is 15.3. The minimum Gasteiger partial charge on any atom is -0.224 e. The van der Waals surface area contributed by atoms with Gasteiger partial charge in [-0.25, -0.2) is 21.6 Å². The molecule has 0 spiro atoms. The molecule has 0 aliphatic rings. The Morgan fingerprint density at radius 2 is 1.25 bits per heavy atom. The Labute approximate surface area is 143 Å². The molecule has 0 heterocycles. The summed E-state index contributed by atoms with van der Waals surface area (Å²) in [6, 6.07) is 13.0. The highest BCUT2D eigenvalue weighted by Crippen LogP contribution is 2.16. The van der Waals surface area contributed by atoms with Crippen LogP contribution in [0.25, 0.3) is 0 Å². The molecule has 2 rings (SSSR count). The SMILES string of the molecule is CCc1ccc(CNS(=O)(=O)c2ccc(S(=O)(=O)CC)cc2)cc1. The zero-order chi connectivity index (χ0) is 17.8. The Morgan fingerprint density at radius 1 is 0.750 bits per heavy atom. The van der Waals surface area contributed by atoms with Gasteiger partial charge in [0.2, 0.25) is 10.0 Å². The first-order valence-corrected chi connectivity index (χ1v) is 10.8. The Kier molecular flexibility index (Phi) is 5.79. The molecule has 1 N–H and O–H groups in total. The maximum Gasteiger partial charge on any atom is 0.240 e. The lowest BCUT2D eigenvalue weighted by molar-refractivity contribution is 0.580. The van der Waals surface area contributed by atoms with Gasteiger partial charge in [-0.1, -0.05) is 38.1 Å². The molecular weight excluding hydrogens is 346 g/mol. The third-order valence-corrected chi connectivity index (χ3v) is 6.94. The van der Waals surface area contributed by atoms with Gasteiger partial charge in [-0.3, -0.25) is 0 Å². The number of aryl methyl sites for hydroxylation is 1. The van der Waals surface area contributed by atoms with Crippen molar-refractivity contribution in [2.45, 2.75) is 36.6 Å². The maximum atomic E-state index is 12.3. The second-order valence-corrected chi connectivity index (χ2v) is 9.41. The Balaban J connectivity index is 2.12. The van der Waals surface area contributed by atoms with Crippen molar-refractivity contribution >= 4 is 19.9 Å². The summed E-state index contributed by atoms with van der Waals surface area (Å²) in [5, 5.41) is 0. The summed E-state index contributed by atoms with van der Waals surface area (Å²) in [7, 11) is -7.03. The van der Waals surface area contributed by atoms with Gasteiger partial charge in [-0.15, -0.1) is 0 Å². The number of sulfone groups is 1. The normalized spacial score (nSPS) is 12.2. The molecular formula is C17H21NO4S2. The number of hydrogen-bond acceptors (Lipinski definition) is 4. The molecule has 0 aliphatic carbocycles. The Morgan fingerprint density at radius 3 is 1.75 bits per heavy atom. The Hall–Kier alpha value is -1.70. The van der Waals surface area contributed by atoms with E-state index < -0.39 is 19.9 Å². The lowest BCUT2D eigenvalue weighted by atomic mass is 10.1. The highest BCUT2D eigenvalue weighted by atomic mass is 32.2. The highest BCUT2D eigenvalue weighted by molar-refractivity contribution is 7.91. The summed E-state index contributed by atoms with van der Waals surface area (Å²) >= 11 is 0. The first-order valence-electron chi connectivity index (χ1n) is 7.69. The van der Waals surface area contributed by atoms with Gasteiger partial charge in [0, 0.05) is 6.54 Å². The topological polar surface area (TPSA) is 80.3 Å². The summed E-state index contributed by atoms with van der Waals surface area (Å²) < 4.78 is 50.6. The molecule has 0 fully saturated rings. The van der Waals surface area contributed by atoms with Crippen LogP contribution in [0.3, 0.4) is 0 Å². The monoisotopic (exact) mass is 367 g/mol. The molecule has 130 valence electrons. The minimum absolute atomic E-state index is 0.0227. The van der Waals surface area contributed by atoms with E-state index in [-0.39, 0.29) is 22.1 Å². The lowest BCUT2D eigenvalue weighted by Crippen LogP contribution is -2.23. The molecule has 0 aliphatic heterocycles. The van der Waals surface area contributed by atoms with Crippen molar-refractivity contribution in [2.75, 3.05) is 5.75 Å². The third kappa shape index (κ3) is 4.43. The fraction of sp³-hybridized carbons (Fsp3) is 0.294. The molecule has 0 saturated carbocycles. The number of sulfonamides is 1. The summed E-state index contributed by atoms with van der Waals surface area (Å²) in [4.78, 5) is 0.168. The molecule has 0 unspecified atom stereocenters. The van der Waals surface area contributed by atoms with Crippen LogP contribution in [0.15, 0.2) is 58.3 Å². The maximum absolute atomic E-state index is 12.3. The van der Waals surface area contributed by atoms with Crippen molar-refractivity contribution in [2.24, 2.45) is 0 Å². The number of rotatable bonds is 7. The molecule has 0 bridgehead atoms. The van der Waals surface area contributed by atoms with Crippen LogP contribution in [0.4, 0.5) is 0 Å². The molecule has 24 heavy (non-hydrogen) atoms. The minimum atomic E-state index is -3.69. The average Bonchev–Trinajstić information content (AvgIpc) is 2.60. The van der Waals surface area contributed by atoms with E-state index in [1.807, 2.05) is 24.3 Å². The summed E-state index contributed by atoms with van der Waals surface area (Å²) in [6.45, 7) is 3.78. The van der Waals surface area contributed by atoms with Crippen LogP contribution in [0, 0.1) is 0 Å². The van der Waals surface area contributed by atoms with Gasteiger partial charge >= 0.3 is 0 Å². The van der Waals surface area contributed by atoms with Crippen molar-refractivity contribution in [1.29, 1.82) is 0 Å². The van der Waals surface area contributed by atoms with E-state index in [9.17, 15) is 16.8 Å². The van der Waals surface area contributed by atoms with E-state index in [0.717, 1.165) is 12.0 Å². The van der Waals surface area contributed by atoms with Gasteiger partial charge in [0.1, 0.15) is 0 Å². The van der Waals surface area contributed by atoms with Crippen LogP contribution < -0.4 is 4.72 Å². The number of benzene rings is 2. The first-order chi connectivity index (χ1) is 11.3. The second-order valence-electron chi connectivity index (χ2n) is 5.37. The van der Waals surface area contributed by atoms with Gasteiger partial charge in [0.15, 0.2) is 9.84 Å². The van der Waals surface area contributed by atoms with Gasteiger partial charge in [-0.05, 0) is 41.8 Å². The summed E-state index contributed by atoms with van der Waals surface area (Å²) in [5.74, 6) is -0.0227. The predicted octanol–water partition coefficient (Wildman–Crippen LogP) is 2.52. The number of nitrogens with one attached hydrogen (secondary N) is 1. The van der Waals surface area contributed by atoms with Gasteiger partial charge < -0.3 is 0 Å². The molecule has 0 radical (unpaired) electrons. The van der Waals surface area contributed by atoms with E-state index >= 15 is 0 Å². The molecule has 2 aromatic carbocycles. The van der Waals surface area contributed by atoms with E-state index in [4.69, 9.17) is 0 Å². The quantitative estimate of drug-likeness (QED) is 0.815. The van der Waals surface area contributed by atoms with E-state index in [0.29, 0.717) is 0 Å². The first kappa shape index (κ1) is 18.6. The predicted molar refractivity (Wildman–Crippen MR) is 94.0 cm³/mol. The molecule has 2 aromatic rings. The van der Waals surface area contributed by atoms with Crippen LogP contribution in [0.2, 0.25) is 0 Å². The molecule has 0 amide bonds. The molecule has 0 atom stereocenters. The standard InChI is InChI=1S/C17H21NO4S2/c1-3-14-5-7-15(8-6-14)13-18-24(21,22)17-11-9-16(10-12-17)23(19,20)4-2/h5-12,18H,3-4,13H2,1-2H3. The largest absolute Gasteiger partial charge is 0.240 e. The van der Waals surface area contributed by atoms with Gasteiger partial charge in [-0.2, -0.15) is 0 Å². The average molecular weight is 367 g/mol. The van der Waals surface area contributed by atoms with Crippen molar-refractivity contribution in [3.8, 4) is 0 Å².